The number of hydrogen-bond acceptors (Lipinski definition) is 5. The average molecular weight is 464 g/mol. The molecule has 1 aromatic carbocycles. The summed E-state index contributed by atoms with van der Waals surface area (Å²) in [6, 6.07) is 9.59. The highest BCUT2D eigenvalue weighted by molar-refractivity contribution is 7.98. The van der Waals surface area contributed by atoms with Crippen molar-refractivity contribution in [1.82, 2.24) is 25.0 Å². The van der Waals surface area contributed by atoms with E-state index in [0.717, 1.165) is 39.5 Å². The Morgan fingerprint density at radius 3 is 2.70 bits per heavy atom. The monoisotopic (exact) mass is 463 g/mol. The van der Waals surface area contributed by atoms with Crippen molar-refractivity contribution in [3.05, 3.63) is 75.9 Å². The summed E-state index contributed by atoms with van der Waals surface area (Å²) in [7, 11) is 0. The van der Waals surface area contributed by atoms with Gasteiger partial charge in [-0.1, -0.05) is 12.1 Å². The molecule has 0 atom stereocenters. The number of amides is 2. The van der Waals surface area contributed by atoms with Gasteiger partial charge in [-0.15, -0.1) is 11.8 Å². The van der Waals surface area contributed by atoms with Crippen LogP contribution in [0.3, 0.4) is 0 Å². The molecule has 0 bridgehead atoms. The molecule has 2 amide bonds. The molecule has 1 aliphatic rings. The normalized spacial score (nSPS) is 13.0. The lowest BCUT2D eigenvalue weighted by Crippen LogP contribution is -2.39. The smallest absolute Gasteiger partial charge is 0.252 e. The van der Waals surface area contributed by atoms with Gasteiger partial charge in [-0.3, -0.25) is 19.3 Å². The molecule has 1 aliphatic heterocycles. The largest absolute Gasteiger partial charge is 0.348 e. The van der Waals surface area contributed by atoms with Crippen LogP contribution < -0.4 is 5.32 Å². The quantitative estimate of drug-likeness (QED) is 0.567. The average Bonchev–Trinajstić information content (AvgIpc) is 3.13. The van der Waals surface area contributed by atoms with Crippen molar-refractivity contribution in [1.29, 1.82) is 0 Å². The van der Waals surface area contributed by atoms with Gasteiger partial charge >= 0.3 is 0 Å². The number of pyridine rings is 1. The van der Waals surface area contributed by atoms with E-state index in [1.807, 2.05) is 68.5 Å². The number of thioether (sulfide) groups is 1. The molecule has 0 aliphatic carbocycles. The Balaban J connectivity index is 1.47. The lowest BCUT2D eigenvalue weighted by atomic mass is 9.94. The lowest BCUT2D eigenvalue weighted by Gasteiger charge is -2.30. The van der Waals surface area contributed by atoms with Crippen molar-refractivity contribution in [3.63, 3.8) is 0 Å². The Hall–Kier alpha value is -3.13. The van der Waals surface area contributed by atoms with E-state index in [1.54, 1.807) is 16.4 Å². The first-order valence-electron chi connectivity index (χ1n) is 11.0. The Kier molecular flexibility index (Phi) is 6.83. The van der Waals surface area contributed by atoms with Gasteiger partial charge in [0, 0.05) is 42.1 Å². The molecule has 172 valence electrons. The van der Waals surface area contributed by atoms with E-state index in [1.165, 1.54) is 5.56 Å². The molecule has 0 saturated heterocycles. The highest BCUT2D eigenvalue weighted by Gasteiger charge is 2.25. The van der Waals surface area contributed by atoms with Gasteiger partial charge in [-0.2, -0.15) is 5.10 Å². The topological polar surface area (TPSA) is 80.1 Å². The van der Waals surface area contributed by atoms with Crippen LogP contribution in [0.1, 0.15) is 44.1 Å². The van der Waals surface area contributed by atoms with Crippen LogP contribution >= 0.6 is 11.8 Å². The maximum Gasteiger partial charge on any atom is 0.252 e. The number of fused-ring (bicyclic) bond motifs is 1. The highest BCUT2D eigenvalue weighted by Crippen LogP contribution is 2.25. The molecule has 0 saturated carbocycles. The SMILES string of the molecule is CSc1ccccc1C(=O)NCc1c(C)ncc2c1CCN(C(=O)Cn1nc(C)cc1C)C2. The van der Waals surface area contributed by atoms with Crippen LogP contribution in [0.25, 0.3) is 0 Å². The van der Waals surface area contributed by atoms with Gasteiger partial charge in [-0.05, 0) is 68.3 Å². The Labute approximate surface area is 198 Å². The number of hydrogen-bond donors (Lipinski definition) is 1. The van der Waals surface area contributed by atoms with E-state index in [-0.39, 0.29) is 18.4 Å². The van der Waals surface area contributed by atoms with Crippen molar-refractivity contribution >= 4 is 23.6 Å². The number of rotatable bonds is 6. The lowest BCUT2D eigenvalue weighted by molar-refractivity contribution is -0.133. The number of nitrogens with zero attached hydrogens (tertiary/aromatic N) is 4. The van der Waals surface area contributed by atoms with E-state index in [0.29, 0.717) is 25.2 Å². The van der Waals surface area contributed by atoms with Crippen LogP contribution in [0, 0.1) is 20.8 Å². The molecule has 2 aromatic heterocycles. The van der Waals surface area contributed by atoms with E-state index < -0.39 is 0 Å². The fourth-order valence-corrected chi connectivity index (χ4v) is 4.92. The Morgan fingerprint density at radius 1 is 1.18 bits per heavy atom. The predicted molar refractivity (Wildman–Crippen MR) is 129 cm³/mol. The minimum atomic E-state index is -0.0885. The van der Waals surface area contributed by atoms with Crippen molar-refractivity contribution in [3.8, 4) is 0 Å². The second-order valence-electron chi connectivity index (χ2n) is 8.36. The Morgan fingerprint density at radius 2 is 1.97 bits per heavy atom. The van der Waals surface area contributed by atoms with Crippen molar-refractivity contribution < 1.29 is 9.59 Å². The molecule has 7 nitrogen and oxygen atoms in total. The predicted octanol–water partition coefficient (Wildman–Crippen LogP) is 3.44. The number of nitrogens with one attached hydrogen (secondary N) is 1. The van der Waals surface area contributed by atoms with Crippen molar-refractivity contribution in [2.24, 2.45) is 0 Å². The van der Waals surface area contributed by atoms with Gasteiger partial charge in [0.2, 0.25) is 5.91 Å². The summed E-state index contributed by atoms with van der Waals surface area (Å²) in [5.74, 6) is -0.0367. The summed E-state index contributed by atoms with van der Waals surface area (Å²) < 4.78 is 1.76. The summed E-state index contributed by atoms with van der Waals surface area (Å²) in [4.78, 5) is 33.1. The number of carbonyl (C=O) groups is 2. The molecule has 33 heavy (non-hydrogen) atoms. The number of carbonyl (C=O) groups excluding carboxylic acids is 2. The second-order valence-corrected chi connectivity index (χ2v) is 9.21. The Bertz CT molecular complexity index is 1200. The fourth-order valence-electron chi connectivity index (χ4n) is 4.33. The number of aryl methyl sites for hydroxylation is 3. The van der Waals surface area contributed by atoms with Gasteiger partial charge in [0.15, 0.2) is 0 Å². The summed E-state index contributed by atoms with van der Waals surface area (Å²) in [6.07, 6.45) is 4.57. The minimum Gasteiger partial charge on any atom is -0.348 e. The molecule has 8 heteroatoms. The maximum atomic E-state index is 12.9. The first-order chi connectivity index (χ1) is 15.9. The van der Waals surface area contributed by atoms with E-state index >= 15 is 0 Å². The first kappa shape index (κ1) is 23.0. The van der Waals surface area contributed by atoms with E-state index in [4.69, 9.17) is 0 Å². The number of aromatic nitrogens is 3. The van der Waals surface area contributed by atoms with Gasteiger partial charge in [0.25, 0.3) is 5.91 Å². The standard InChI is InChI=1S/C25H29N5O2S/c1-16-11-17(2)30(28-16)15-24(31)29-10-9-20-19(14-29)12-26-18(3)22(20)13-27-25(32)21-7-5-6-8-23(21)33-4/h5-8,11-12H,9-10,13-15H2,1-4H3,(H,27,32). The van der Waals surface area contributed by atoms with Gasteiger partial charge in [-0.25, -0.2) is 0 Å². The van der Waals surface area contributed by atoms with Gasteiger partial charge < -0.3 is 10.2 Å². The summed E-state index contributed by atoms with van der Waals surface area (Å²) >= 11 is 1.56. The zero-order valence-electron chi connectivity index (χ0n) is 19.5. The van der Waals surface area contributed by atoms with Crippen LogP contribution in [-0.4, -0.2) is 44.3 Å². The fraction of sp³-hybridized carbons (Fsp3) is 0.360. The first-order valence-corrected chi connectivity index (χ1v) is 12.3. The maximum absolute atomic E-state index is 12.9. The van der Waals surface area contributed by atoms with Crippen molar-refractivity contribution in [2.75, 3.05) is 12.8 Å². The van der Waals surface area contributed by atoms with Crippen LogP contribution in [0.2, 0.25) is 0 Å². The molecule has 1 N–H and O–H groups in total. The summed E-state index contributed by atoms with van der Waals surface area (Å²) in [5.41, 5.74) is 6.77. The molecule has 0 spiro atoms. The molecular formula is C25H29N5O2S. The number of benzene rings is 1. The third-order valence-electron chi connectivity index (χ3n) is 6.11. The summed E-state index contributed by atoms with van der Waals surface area (Å²) in [5, 5.41) is 7.48. The third-order valence-corrected chi connectivity index (χ3v) is 6.91. The summed E-state index contributed by atoms with van der Waals surface area (Å²) in [6.45, 7) is 7.69. The van der Waals surface area contributed by atoms with Crippen molar-refractivity contribution in [2.45, 2.75) is 51.7 Å². The van der Waals surface area contributed by atoms with Crippen LogP contribution in [0.15, 0.2) is 41.4 Å². The van der Waals surface area contributed by atoms with Gasteiger partial charge in [0.05, 0.1) is 11.3 Å². The van der Waals surface area contributed by atoms with E-state index in [2.05, 4.69) is 15.4 Å². The molecular weight excluding hydrogens is 434 g/mol. The zero-order chi connectivity index (χ0) is 23.5. The highest BCUT2D eigenvalue weighted by atomic mass is 32.2. The van der Waals surface area contributed by atoms with Crippen LogP contribution in [0.4, 0.5) is 0 Å². The molecule has 0 radical (unpaired) electrons. The van der Waals surface area contributed by atoms with Gasteiger partial charge in [0.1, 0.15) is 6.54 Å². The third kappa shape index (κ3) is 4.95. The second kappa shape index (κ2) is 9.79. The van der Waals surface area contributed by atoms with E-state index in [9.17, 15) is 9.59 Å². The van der Waals surface area contributed by atoms with Crippen LogP contribution in [-0.2, 0) is 30.8 Å². The molecule has 0 unspecified atom stereocenters. The zero-order valence-corrected chi connectivity index (χ0v) is 20.3. The molecule has 4 rings (SSSR count). The molecule has 0 fully saturated rings. The minimum absolute atomic E-state index is 0.0518. The molecule has 3 aromatic rings. The molecule has 3 heterocycles. The van der Waals surface area contributed by atoms with Crippen LogP contribution in [0.5, 0.6) is 0 Å².